The van der Waals surface area contributed by atoms with Gasteiger partial charge in [0.25, 0.3) is 5.91 Å². The maximum Gasteiger partial charge on any atom is 0.270 e. The normalized spacial score (nSPS) is 12.4. The van der Waals surface area contributed by atoms with Crippen LogP contribution in [0.4, 0.5) is 0 Å². The SMILES string of the molecule is COc1nc(C(=O)NCC(O)CC(C)C)cc2ccccc12. The Morgan fingerprint density at radius 2 is 2.09 bits per heavy atom. The van der Waals surface area contributed by atoms with E-state index < -0.39 is 6.10 Å². The molecular formula is C17H22N2O3. The number of aliphatic hydroxyl groups excluding tert-OH is 1. The fourth-order valence-corrected chi connectivity index (χ4v) is 2.37. The fourth-order valence-electron chi connectivity index (χ4n) is 2.37. The molecule has 1 aromatic heterocycles. The van der Waals surface area contributed by atoms with Crippen molar-refractivity contribution >= 4 is 16.7 Å². The monoisotopic (exact) mass is 302 g/mol. The highest BCUT2D eigenvalue weighted by atomic mass is 16.5. The van der Waals surface area contributed by atoms with Crippen molar-refractivity contribution in [2.45, 2.75) is 26.4 Å². The van der Waals surface area contributed by atoms with E-state index in [9.17, 15) is 9.90 Å². The molecular weight excluding hydrogens is 280 g/mol. The van der Waals surface area contributed by atoms with E-state index in [1.165, 1.54) is 7.11 Å². The van der Waals surface area contributed by atoms with Crippen molar-refractivity contribution in [3.8, 4) is 5.88 Å². The van der Waals surface area contributed by atoms with E-state index in [0.717, 1.165) is 10.8 Å². The van der Waals surface area contributed by atoms with Gasteiger partial charge in [-0.2, -0.15) is 0 Å². The van der Waals surface area contributed by atoms with Gasteiger partial charge in [-0.15, -0.1) is 0 Å². The zero-order valence-corrected chi connectivity index (χ0v) is 13.2. The predicted molar refractivity (Wildman–Crippen MR) is 86.1 cm³/mol. The van der Waals surface area contributed by atoms with Crippen LogP contribution in [0.1, 0.15) is 30.8 Å². The minimum atomic E-state index is -0.550. The summed E-state index contributed by atoms with van der Waals surface area (Å²) in [7, 11) is 1.53. The number of methoxy groups -OCH3 is 1. The second-order valence-corrected chi connectivity index (χ2v) is 5.73. The van der Waals surface area contributed by atoms with Crippen LogP contribution in [-0.4, -0.2) is 35.8 Å². The summed E-state index contributed by atoms with van der Waals surface area (Å²) in [4.78, 5) is 16.4. The molecule has 1 amide bonds. The lowest BCUT2D eigenvalue weighted by atomic mass is 10.1. The fraction of sp³-hybridized carbons (Fsp3) is 0.412. The molecule has 0 saturated carbocycles. The van der Waals surface area contributed by atoms with Gasteiger partial charge in [0.2, 0.25) is 5.88 Å². The zero-order valence-electron chi connectivity index (χ0n) is 13.2. The third-order valence-corrected chi connectivity index (χ3v) is 3.37. The Labute approximate surface area is 130 Å². The quantitative estimate of drug-likeness (QED) is 0.859. The molecule has 0 aliphatic rings. The molecule has 0 aliphatic heterocycles. The molecule has 0 radical (unpaired) electrons. The Bertz CT molecular complexity index is 655. The Balaban J connectivity index is 2.14. The Morgan fingerprint density at radius 3 is 2.77 bits per heavy atom. The van der Waals surface area contributed by atoms with Crippen LogP contribution in [0, 0.1) is 5.92 Å². The number of benzene rings is 1. The number of carbonyl (C=O) groups is 1. The van der Waals surface area contributed by atoms with Gasteiger partial charge in [0.15, 0.2) is 0 Å². The van der Waals surface area contributed by atoms with Crippen LogP contribution in [0.2, 0.25) is 0 Å². The molecule has 1 aromatic carbocycles. The molecule has 0 fully saturated rings. The van der Waals surface area contributed by atoms with E-state index in [4.69, 9.17) is 4.74 Å². The highest BCUT2D eigenvalue weighted by Crippen LogP contribution is 2.24. The lowest BCUT2D eigenvalue weighted by Gasteiger charge is -2.14. The van der Waals surface area contributed by atoms with Gasteiger partial charge in [0.1, 0.15) is 5.69 Å². The smallest absolute Gasteiger partial charge is 0.270 e. The van der Waals surface area contributed by atoms with Crippen molar-refractivity contribution in [3.05, 3.63) is 36.0 Å². The Kier molecular flexibility index (Phi) is 5.33. The van der Waals surface area contributed by atoms with Crippen molar-refractivity contribution < 1.29 is 14.6 Å². The van der Waals surface area contributed by atoms with Gasteiger partial charge in [-0.3, -0.25) is 4.79 Å². The topological polar surface area (TPSA) is 71.5 Å². The standard InChI is InChI=1S/C17H22N2O3/c1-11(2)8-13(20)10-18-16(21)15-9-12-6-4-5-7-14(12)17(19-15)22-3/h4-7,9,11,13,20H,8,10H2,1-3H3,(H,18,21). The van der Waals surface area contributed by atoms with Crippen molar-refractivity contribution in [1.29, 1.82) is 0 Å². The van der Waals surface area contributed by atoms with Crippen molar-refractivity contribution in [3.63, 3.8) is 0 Å². The lowest BCUT2D eigenvalue weighted by molar-refractivity contribution is 0.0895. The van der Waals surface area contributed by atoms with Gasteiger partial charge < -0.3 is 15.2 Å². The summed E-state index contributed by atoms with van der Waals surface area (Å²) in [6.45, 7) is 4.27. The van der Waals surface area contributed by atoms with Crippen LogP contribution in [0.5, 0.6) is 5.88 Å². The largest absolute Gasteiger partial charge is 0.481 e. The highest BCUT2D eigenvalue weighted by Gasteiger charge is 2.14. The molecule has 2 rings (SSSR count). The molecule has 0 aliphatic carbocycles. The van der Waals surface area contributed by atoms with E-state index in [0.29, 0.717) is 18.2 Å². The van der Waals surface area contributed by atoms with Gasteiger partial charge in [-0.1, -0.05) is 32.0 Å². The van der Waals surface area contributed by atoms with Crippen LogP contribution in [0.3, 0.4) is 0 Å². The molecule has 0 saturated heterocycles. The number of fused-ring (bicyclic) bond motifs is 1. The summed E-state index contributed by atoms with van der Waals surface area (Å²) >= 11 is 0. The maximum atomic E-state index is 12.2. The van der Waals surface area contributed by atoms with Gasteiger partial charge in [-0.25, -0.2) is 4.98 Å². The second kappa shape index (κ2) is 7.22. The van der Waals surface area contributed by atoms with Gasteiger partial charge in [0.05, 0.1) is 13.2 Å². The molecule has 5 nitrogen and oxygen atoms in total. The van der Waals surface area contributed by atoms with E-state index >= 15 is 0 Å². The first-order valence-electron chi connectivity index (χ1n) is 7.41. The molecule has 2 N–H and O–H groups in total. The number of pyridine rings is 1. The molecule has 118 valence electrons. The number of nitrogens with zero attached hydrogens (tertiary/aromatic N) is 1. The first-order chi connectivity index (χ1) is 10.5. The van der Waals surface area contributed by atoms with Crippen LogP contribution in [-0.2, 0) is 0 Å². The maximum absolute atomic E-state index is 12.2. The summed E-state index contributed by atoms with van der Waals surface area (Å²) < 4.78 is 5.26. The molecule has 2 aromatic rings. The van der Waals surface area contributed by atoms with E-state index in [1.54, 1.807) is 6.07 Å². The summed E-state index contributed by atoms with van der Waals surface area (Å²) in [6, 6.07) is 9.32. The predicted octanol–water partition coefficient (Wildman–Crippen LogP) is 2.38. The minimum absolute atomic E-state index is 0.216. The molecule has 22 heavy (non-hydrogen) atoms. The van der Waals surface area contributed by atoms with Crippen molar-refractivity contribution in [2.75, 3.05) is 13.7 Å². The number of aromatic nitrogens is 1. The van der Waals surface area contributed by atoms with Crippen molar-refractivity contribution in [2.24, 2.45) is 5.92 Å². The first-order valence-corrected chi connectivity index (χ1v) is 7.41. The number of hydrogen-bond donors (Lipinski definition) is 2. The highest BCUT2D eigenvalue weighted by molar-refractivity contribution is 5.98. The summed E-state index contributed by atoms with van der Waals surface area (Å²) in [5.74, 6) is 0.489. The number of amides is 1. The average molecular weight is 302 g/mol. The average Bonchev–Trinajstić information content (AvgIpc) is 2.50. The summed E-state index contributed by atoms with van der Waals surface area (Å²) in [5.41, 5.74) is 0.285. The molecule has 1 heterocycles. The number of nitrogens with one attached hydrogen (secondary N) is 1. The van der Waals surface area contributed by atoms with Crippen LogP contribution >= 0.6 is 0 Å². The lowest BCUT2D eigenvalue weighted by Crippen LogP contribution is -2.33. The minimum Gasteiger partial charge on any atom is -0.481 e. The van der Waals surface area contributed by atoms with Gasteiger partial charge >= 0.3 is 0 Å². The first kappa shape index (κ1) is 16.2. The Morgan fingerprint density at radius 1 is 1.36 bits per heavy atom. The van der Waals surface area contributed by atoms with Gasteiger partial charge in [-0.05, 0) is 29.9 Å². The number of aliphatic hydroxyl groups is 1. The van der Waals surface area contributed by atoms with E-state index in [2.05, 4.69) is 10.3 Å². The molecule has 1 unspecified atom stereocenters. The number of carbonyl (C=O) groups excluding carboxylic acids is 1. The summed E-state index contributed by atoms with van der Waals surface area (Å²) in [6.07, 6.45) is 0.0978. The van der Waals surface area contributed by atoms with Crippen LogP contribution < -0.4 is 10.1 Å². The zero-order chi connectivity index (χ0) is 16.1. The van der Waals surface area contributed by atoms with Crippen LogP contribution in [0.25, 0.3) is 10.8 Å². The molecule has 0 spiro atoms. The number of hydrogen-bond acceptors (Lipinski definition) is 4. The summed E-state index contributed by atoms with van der Waals surface area (Å²) in [5, 5.41) is 14.3. The number of rotatable bonds is 6. The third-order valence-electron chi connectivity index (χ3n) is 3.37. The van der Waals surface area contributed by atoms with Gasteiger partial charge in [0, 0.05) is 11.9 Å². The van der Waals surface area contributed by atoms with Crippen molar-refractivity contribution in [1.82, 2.24) is 10.3 Å². The third kappa shape index (κ3) is 3.95. The molecule has 5 heteroatoms. The van der Waals surface area contributed by atoms with E-state index in [1.807, 2.05) is 38.1 Å². The Hall–Kier alpha value is -2.14. The van der Waals surface area contributed by atoms with E-state index in [-0.39, 0.29) is 18.1 Å². The molecule has 0 bridgehead atoms. The van der Waals surface area contributed by atoms with Crippen LogP contribution in [0.15, 0.2) is 30.3 Å². The number of ether oxygens (including phenoxy) is 1. The molecule has 1 atom stereocenters. The second-order valence-electron chi connectivity index (χ2n) is 5.73.